The van der Waals surface area contributed by atoms with E-state index in [0.717, 1.165) is 33.4 Å². The number of benzene rings is 3. The summed E-state index contributed by atoms with van der Waals surface area (Å²) in [5.74, 6) is -3.35. The summed E-state index contributed by atoms with van der Waals surface area (Å²) in [6.45, 7) is 5.90. The van der Waals surface area contributed by atoms with Gasteiger partial charge in [0, 0.05) is 55.3 Å². The summed E-state index contributed by atoms with van der Waals surface area (Å²) in [5, 5.41) is 30.8. The number of aryl methyl sites for hydroxylation is 3. The summed E-state index contributed by atoms with van der Waals surface area (Å²) in [4.78, 5) is 30.8. The highest BCUT2D eigenvalue weighted by Gasteiger charge is 3.00. The lowest BCUT2D eigenvalue weighted by molar-refractivity contribution is -0.307. The molecule has 40 heavy (non-hydrogen) atoms. The molecule has 0 heterocycles. The first kappa shape index (κ1) is 35.7. The summed E-state index contributed by atoms with van der Waals surface area (Å²) in [6.07, 6.45) is -0.408. The smallest absolute Gasteiger partial charge is 0.550 e. The molecule has 0 amide bonds. The van der Waals surface area contributed by atoms with Crippen molar-refractivity contribution in [3.63, 3.8) is 0 Å². The van der Waals surface area contributed by atoms with Crippen molar-refractivity contribution < 1.29 is 29.7 Å². The van der Waals surface area contributed by atoms with E-state index in [-0.39, 0.29) is 25.4 Å². The van der Waals surface area contributed by atoms with Crippen molar-refractivity contribution in [2.45, 2.75) is 58.2 Å². The van der Waals surface area contributed by atoms with Gasteiger partial charge in [0.05, 0.1) is 0 Å². The van der Waals surface area contributed by atoms with Crippen LogP contribution in [0.2, 0.25) is 0 Å². The van der Waals surface area contributed by atoms with Gasteiger partial charge in [-0.2, -0.15) is 0 Å². The van der Waals surface area contributed by atoms with E-state index >= 15 is 0 Å². The van der Waals surface area contributed by atoms with Crippen molar-refractivity contribution in [1.29, 1.82) is 0 Å². The molecule has 3 atom stereocenters. The van der Waals surface area contributed by atoms with Crippen molar-refractivity contribution in [3.05, 3.63) is 106 Å². The summed E-state index contributed by atoms with van der Waals surface area (Å²) in [6, 6.07) is 21.1. The number of rotatable bonds is 9. The molecule has 6 N–H and O–H groups in total. The second-order valence-electron chi connectivity index (χ2n) is 9.28. The highest BCUT2D eigenvalue weighted by molar-refractivity contribution is 5.66. The van der Waals surface area contributed by atoms with E-state index in [0.29, 0.717) is 0 Å². The first-order valence-corrected chi connectivity index (χ1v) is 12.3. The number of hydrogen-bond acceptors (Lipinski definition) is 9. The molecule has 0 aromatic heterocycles. The largest absolute Gasteiger partial charge is 3.00 e. The Labute approximate surface area is 235 Å². The minimum atomic E-state index is -1.12. The quantitative estimate of drug-likeness (QED) is 0.324. The highest BCUT2D eigenvalue weighted by atomic mass is 16.4. The maximum atomic E-state index is 10.3. The number of carboxylic acid groups (broad SMARTS) is 3. The topological polar surface area (TPSA) is 229 Å². The van der Waals surface area contributed by atoms with Crippen molar-refractivity contribution in [1.82, 2.24) is 6.15 Å². The third-order valence-corrected chi connectivity index (χ3v) is 5.68. The van der Waals surface area contributed by atoms with E-state index in [1.807, 2.05) is 93.6 Å². The van der Waals surface area contributed by atoms with Gasteiger partial charge < -0.3 is 46.9 Å². The zero-order valence-corrected chi connectivity index (χ0v) is 22.9. The molecule has 0 aliphatic rings. The fourth-order valence-electron chi connectivity index (χ4n) is 3.33. The number of carboxylic acids is 3. The Morgan fingerprint density at radius 3 is 0.825 bits per heavy atom. The summed E-state index contributed by atoms with van der Waals surface area (Å²) < 4.78 is 0. The molecule has 2 radical (unpaired) electrons. The van der Waals surface area contributed by atoms with Crippen molar-refractivity contribution in [2.24, 2.45) is 17.2 Å². The Balaban J connectivity index is 0.000000563. The number of carbonyl (C=O) groups is 3. The number of nitrogens with two attached hydrogens (primary N) is 3. The second kappa shape index (κ2) is 18.0. The molecule has 0 saturated heterocycles. The van der Waals surface area contributed by atoms with Gasteiger partial charge in [-0.05, 0) is 37.5 Å². The van der Waals surface area contributed by atoms with Gasteiger partial charge in [-0.3, -0.25) is 0 Å². The molecule has 0 bridgehead atoms. The molecule has 0 aliphatic heterocycles. The maximum absolute atomic E-state index is 10.3. The lowest BCUT2D eigenvalue weighted by Crippen LogP contribution is -2.27. The molecule has 10 heteroatoms. The molecular formula is C30H36N4O6. The van der Waals surface area contributed by atoms with Gasteiger partial charge >= 0.3 is 6.15 Å². The van der Waals surface area contributed by atoms with E-state index in [1.54, 1.807) is 0 Å². The fourth-order valence-corrected chi connectivity index (χ4v) is 3.33. The number of carbonyl (C=O) groups excluding carboxylic acids is 3. The second-order valence-corrected chi connectivity index (χ2v) is 9.28. The van der Waals surface area contributed by atoms with Gasteiger partial charge in [0.25, 0.3) is 0 Å². The molecule has 0 spiro atoms. The Hall–Kier alpha value is -4.34. The van der Waals surface area contributed by atoms with E-state index in [9.17, 15) is 29.7 Å². The first-order valence-electron chi connectivity index (χ1n) is 12.3. The van der Waals surface area contributed by atoms with Gasteiger partial charge in [0.1, 0.15) is 0 Å². The summed E-state index contributed by atoms with van der Waals surface area (Å²) in [7, 11) is 0. The molecular weight excluding hydrogens is 512 g/mol. The third kappa shape index (κ3) is 14.6. The average Bonchev–Trinajstić information content (AvgIpc) is 2.85. The van der Waals surface area contributed by atoms with Gasteiger partial charge in [0.15, 0.2) is 0 Å². The molecule has 10 nitrogen and oxygen atoms in total. The monoisotopic (exact) mass is 548 g/mol. The fraction of sp³-hybridized carbons (Fsp3) is 0.300. The molecule has 212 valence electrons. The number of nitrogens with zero attached hydrogens (tertiary/aromatic N) is 1. The SMILES string of the molecule is Cc1ccc(C(N)CC(=O)[O-])cc1.Cc1ccc(C(N)CC(=O)[O-])cc1.Cc1ccc(C(N)CC(=O)[O-])cc1.[N+3]. The summed E-state index contributed by atoms with van der Waals surface area (Å²) in [5.41, 5.74) is 22.7. The standard InChI is InChI=1S/3C10H13NO2.N/c3*1-7-2-4-8(5-3-7)9(11)6-10(12)13;/h3*2-5,9H,6,11H2,1H3,(H,12,13);/q;;;+3/p-3. The van der Waals surface area contributed by atoms with Crippen LogP contribution in [0.3, 0.4) is 0 Å². The number of aliphatic carboxylic acids is 3. The van der Waals surface area contributed by atoms with Gasteiger partial charge in [-0.15, -0.1) is 0 Å². The van der Waals surface area contributed by atoms with Gasteiger partial charge in [-0.1, -0.05) is 89.5 Å². The third-order valence-electron chi connectivity index (χ3n) is 5.68. The minimum Gasteiger partial charge on any atom is -0.550 e. The lowest BCUT2D eigenvalue weighted by atomic mass is 10.0. The average molecular weight is 549 g/mol. The van der Waals surface area contributed by atoms with Crippen molar-refractivity contribution in [2.75, 3.05) is 0 Å². The molecule has 0 fully saturated rings. The van der Waals surface area contributed by atoms with E-state index < -0.39 is 36.0 Å². The molecule has 0 aliphatic carbocycles. The van der Waals surface area contributed by atoms with E-state index in [1.165, 1.54) is 0 Å². The van der Waals surface area contributed by atoms with E-state index in [4.69, 9.17) is 17.2 Å². The molecule has 3 aromatic rings. The van der Waals surface area contributed by atoms with Crippen LogP contribution < -0.4 is 38.7 Å². The van der Waals surface area contributed by atoms with Crippen LogP contribution in [0.15, 0.2) is 72.8 Å². The van der Waals surface area contributed by atoms with Crippen LogP contribution in [0.4, 0.5) is 0 Å². The first-order chi connectivity index (χ1) is 18.3. The van der Waals surface area contributed by atoms with Crippen LogP contribution in [0.1, 0.15) is 70.8 Å². The highest BCUT2D eigenvalue weighted by Crippen LogP contribution is 2.15. The summed E-state index contributed by atoms with van der Waals surface area (Å²) >= 11 is 0. The molecule has 3 rings (SSSR count). The van der Waals surface area contributed by atoms with Crippen LogP contribution in [0.5, 0.6) is 0 Å². The Morgan fingerprint density at radius 1 is 0.500 bits per heavy atom. The molecule has 0 saturated carbocycles. The van der Waals surface area contributed by atoms with Crippen LogP contribution >= 0.6 is 0 Å². The minimum absolute atomic E-state index is 0. The Morgan fingerprint density at radius 2 is 0.675 bits per heavy atom. The van der Waals surface area contributed by atoms with Gasteiger partial charge in [-0.25, -0.2) is 0 Å². The van der Waals surface area contributed by atoms with Crippen LogP contribution in [-0.4, -0.2) is 17.9 Å². The molecule has 3 aromatic carbocycles. The van der Waals surface area contributed by atoms with Crippen molar-refractivity contribution >= 4 is 17.9 Å². The normalized spacial score (nSPS) is 12.2. The number of hydrogen-bond donors (Lipinski definition) is 3. The van der Waals surface area contributed by atoms with E-state index in [2.05, 4.69) is 0 Å². The maximum Gasteiger partial charge on any atom is 3.00 e. The molecule has 3 unspecified atom stereocenters. The Bertz CT molecular complexity index is 1030. The zero-order chi connectivity index (χ0) is 29.5. The predicted octanol–water partition coefficient (Wildman–Crippen LogP) is -0.0761. The van der Waals surface area contributed by atoms with Crippen molar-refractivity contribution in [3.8, 4) is 0 Å². The predicted molar refractivity (Wildman–Crippen MR) is 145 cm³/mol. The Kier molecular flexibility index (Phi) is 16.1. The van der Waals surface area contributed by atoms with Gasteiger partial charge in [0.2, 0.25) is 0 Å². The van der Waals surface area contributed by atoms with Crippen LogP contribution in [0.25, 0.3) is 0 Å². The zero-order valence-electron chi connectivity index (χ0n) is 22.9. The van der Waals surface area contributed by atoms with Crippen LogP contribution in [0, 0.1) is 20.8 Å². The van der Waals surface area contributed by atoms with Crippen LogP contribution in [-0.2, 0) is 14.4 Å². The lowest BCUT2D eigenvalue weighted by Gasteiger charge is -2.12.